The van der Waals surface area contributed by atoms with Gasteiger partial charge in [0.25, 0.3) is 0 Å². The maximum atomic E-state index is 5.81. The molecule has 0 spiro atoms. The molecule has 1 heteroatoms. The highest BCUT2D eigenvalue weighted by molar-refractivity contribution is 5.32. The summed E-state index contributed by atoms with van der Waals surface area (Å²) in [6.07, 6.45) is 10.7. The molecule has 0 bridgehead atoms. The largest absolute Gasteiger partial charge is 0.457 e. The molecule has 0 aliphatic carbocycles. The molecular formula is C21H28O. The molecule has 22 heavy (non-hydrogen) atoms. The van der Waals surface area contributed by atoms with Crippen molar-refractivity contribution in [3.63, 3.8) is 0 Å². The summed E-state index contributed by atoms with van der Waals surface area (Å²) in [6, 6.07) is 18.5. The van der Waals surface area contributed by atoms with E-state index in [1.807, 2.05) is 30.3 Å². The highest BCUT2D eigenvalue weighted by Crippen LogP contribution is 2.21. The van der Waals surface area contributed by atoms with Gasteiger partial charge in [0, 0.05) is 0 Å². The van der Waals surface area contributed by atoms with Crippen LogP contribution in [0.25, 0.3) is 0 Å². The third kappa shape index (κ3) is 6.34. The standard InChI is InChI=1S/C21H28O/c1-2-3-4-5-6-7-9-12-19-15-17-21(18-16-19)22-20-13-10-8-11-14-20/h8,10-11,13-18H,2-7,9,12H2,1H3. The average molecular weight is 296 g/mol. The van der Waals surface area contributed by atoms with Crippen LogP contribution >= 0.6 is 0 Å². The molecular weight excluding hydrogens is 268 g/mol. The van der Waals surface area contributed by atoms with Crippen molar-refractivity contribution in [2.24, 2.45) is 0 Å². The summed E-state index contributed by atoms with van der Waals surface area (Å²) in [7, 11) is 0. The van der Waals surface area contributed by atoms with Crippen molar-refractivity contribution in [1.82, 2.24) is 0 Å². The monoisotopic (exact) mass is 296 g/mol. The summed E-state index contributed by atoms with van der Waals surface area (Å²) < 4.78 is 5.81. The molecule has 0 atom stereocenters. The van der Waals surface area contributed by atoms with Crippen LogP contribution in [0.4, 0.5) is 0 Å². The third-order valence-corrected chi connectivity index (χ3v) is 3.97. The second-order valence-electron chi connectivity index (χ2n) is 5.93. The molecule has 0 radical (unpaired) electrons. The lowest BCUT2D eigenvalue weighted by atomic mass is 10.0. The predicted molar refractivity (Wildman–Crippen MR) is 94.7 cm³/mol. The fourth-order valence-electron chi connectivity index (χ4n) is 2.64. The molecule has 0 aliphatic rings. The molecule has 0 heterocycles. The van der Waals surface area contributed by atoms with Gasteiger partial charge >= 0.3 is 0 Å². The second-order valence-corrected chi connectivity index (χ2v) is 5.93. The Bertz CT molecular complexity index is 501. The Morgan fingerprint density at radius 3 is 1.91 bits per heavy atom. The Labute approximate surface area is 135 Å². The van der Waals surface area contributed by atoms with E-state index in [1.165, 1.54) is 56.9 Å². The average Bonchev–Trinajstić information content (AvgIpc) is 2.56. The van der Waals surface area contributed by atoms with Gasteiger partial charge in [0.2, 0.25) is 0 Å². The molecule has 0 fully saturated rings. The van der Waals surface area contributed by atoms with Crippen LogP contribution in [0.5, 0.6) is 11.5 Å². The highest BCUT2D eigenvalue weighted by atomic mass is 16.5. The number of ether oxygens (including phenoxy) is 1. The third-order valence-electron chi connectivity index (χ3n) is 3.97. The van der Waals surface area contributed by atoms with Gasteiger partial charge in [0.15, 0.2) is 0 Å². The van der Waals surface area contributed by atoms with Crippen molar-refractivity contribution in [2.75, 3.05) is 0 Å². The number of hydrogen-bond donors (Lipinski definition) is 0. The first-order valence-electron chi connectivity index (χ1n) is 8.70. The topological polar surface area (TPSA) is 9.23 Å². The number of benzene rings is 2. The van der Waals surface area contributed by atoms with Crippen molar-refractivity contribution in [2.45, 2.75) is 58.3 Å². The van der Waals surface area contributed by atoms with Crippen LogP contribution in [0.3, 0.4) is 0 Å². The van der Waals surface area contributed by atoms with Crippen molar-refractivity contribution in [3.8, 4) is 11.5 Å². The fraction of sp³-hybridized carbons (Fsp3) is 0.429. The van der Waals surface area contributed by atoms with Crippen molar-refractivity contribution in [3.05, 3.63) is 60.2 Å². The summed E-state index contributed by atoms with van der Waals surface area (Å²) in [5, 5.41) is 0. The van der Waals surface area contributed by atoms with Crippen LogP contribution in [-0.4, -0.2) is 0 Å². The van der Waals surface area contributed by atoms with E-state index in [0.29, 0.717) is 0 Å². The molecule has 0 saturated heterocycles. The lowest BCUT2D eigenvalue weighted by molar-refractivity contribution is 0.482. The zero-order chi connectivity index (χ0) is 15.5. The van der Waals surface area contributed by atoms with Gasteiger partial charge in [-0.25, -0.2) is 0 Å². The van der Waals surface area contributed by atoms with Gasteiger partial charge in [0.05, 0.1) is 0 Å². The lowest BCUT2D eigenvalue weighted by Crippen LogP contribution is -1.88. The minimum absolute atomic E-state index is 0.891. The Hall–Kier alpha value is -1.76. The smallest absolute Gasteiger partial charge is 0.127 e. The number of para-hydroxylation sites is 1. The van der Waals surface area contributed by atoms with Gasteiger partial charge in [-0.1, -0.05) is 75.8 Å². The fourth-order valence-corrected chi connectivity index (χ4v) is 2.64. The molecule has 2 aromatic rings. The minimum atomic E-state index is 0.891. The van der Waals surface area contributed by atoms with Gasteiger partial charge in [0.1, 0.15) is 11.5 Å². The molecule has 0 unspecified atom stereocenters. The van der Waals surface area contributed by atoms with E-state index in [9.17, 15) is 0 Å². The van der Waals surface area contributed by atoms with E-state index in [0.717, 1.165) is 11.5 Å². The Balaban J connectivity index is 1.66. The normalized spacial score (nSPS) is 10.6. The molecule has 0 amide bonds. The summed E-state index contributed by atoms with van der Waals surface area (Å²) in [5.74, 6) is 1.80. The zero-order valence-corrected chi connectivity index (χ0v) is 13.8. The van der Waals surface area contributed by atoms with Crippen molar-refractivity contribution >= 4 is 0 Å². The SMILES string of the molecule is CCCCCCCCCc1ccc(Oc2ccccc2)cc1. The second kappa shape index (κ2) is 10.0. The van der Waals surface area contributed by atoms with E-state index >= 15 is 0 Å². The van der Waals surface area contributed by atoms with E-state index in [-0.39, 0.29) is 0 Å². The quantitative estimate of drug-likeness (QED) is 0.439. The first kappa shape index (κ1) is 16.6. The minimum Gasteiger partial charge on any atom is -0.457 e. The Morgan fingerprint density at radius 1 is 0.636 bits per heavy atom. The highest BCUT2D eigenvalue weighted by Gasteiger charge is 1.98. The van der Waals surface area contributed by atoms with Crippen LogP contribution < -0.4 is 4.74 Å². The van der Waals surface area contributed by atoms with Crippen molar-refractivity contribution in [1.29, 1.82) is 0 Å². The van der Waals surface area contributed by atoms with Crippen LogP contribution in [0.2, 0.25) is 0 Å². The van der Waals surface area contributed by atoms with Crippen LogP contribution in [-0.2, 0) is 6.42 Å². The van der Waals surface area contributed by atoms with Crippen molar-refractivity contribution < 1.29 is 4.74 Å². The summed E-state index contributed by atoms with van der Waals surface area (Å²) in [4.78, 5) is 0. The zero-order valence-electron chi connectivity index (χ0n) is 13.8. The van der Waals surface area contributed by atoms with E-state index in [2.05, 4.69) is 31.2 Å². The molecule has 118 valence electrons. The maximum Gasteiger partial charge on any atom is 0.127 e. The maximum absolute atomic E-state index is 5.81. The van der Waals surface area contributed by atoms with Crippen LogP contribution in [0.15, 0.2) is 54.6 Å². The van der Waals surface area contributed by atoms with Gasteiger partial charge in [-0.2, -0.15) is 0 Å². The number of unbranched alkanes of at least 4 members (excludes halogenated alkanes) is 6. The Kier molecular flexibility index (Phi) is 7.59. The molecule has 0 saturated carbocycles. The van der Waals surface area contributed by atoms with Crippen LogP contribution in [0.1, 0.15) is 57.4 Å². The Morgan fingerprint density at radius 2 is 1.23 bits per heavy atom. The van der Waals surface area contributed by atoms with Gasteiger partial charge in [-0.3, -0.25) is 0 Å². The molecule has 0 aromatic heterocycles. The first-order chi connectivity index (χ1) is 10.9. The summed E-state index contributed by atoms with van der Waals surface area (Å²) in [6.45, 7) is 2.27. The van der Waals surface area contributed by atoms with E-state index < -0.39 is 0 Å². The van der Waals surface area contributed by atoms with Gasteiger partial charge in [-0.05, 0) is 42.7 Å². The number of rotatable bonds is 10. The molecule has 2 aromatic carbocycles. The van der Waals surface area contributed by atoms with Crippen LogP contribution in [0, 0.1) is 0 Å². The van der Waals surface area contributed by atoms with Gasteiger partial charge < -0.3 is 4.74 Å². The van der Waals surface area contributed by atoms with E-state index in [1.54, 1.807) is 0 Å². The first-order valence-corrected chi connectivity index (χ1v) is 8.70. The molecule has 2 rings (SSSR count). The number of aryl methyl sites for hydroxylation is 1. The van der Waals surface area contributed by atoms with E-state index in [4.69, 9.17) is 4.74 Å². The summed E-state index contributed by atoms with van der Waals surface area (Å²) >= 11 is 0. The predicted octanol–water partition coefficient (Wildman–Crippen LogP) is 6.77. The summed E-state index contributed by atoms with van der Waals surface area (Å²) in [5.41, 5.74) is 1.41. The lowest BCUT2D eigenvalue weighted by Gasteiger charge is -2.07. The number of hydrogen-bond acceptors (Lipinski definition) is 1. The molecule has 0 N–H and O–H groups in total. The van der Waals surface area contributed by atoms with Gasteiger partial charge in [-0.15, -0.1) is 0 Å². The molecule has 0 aliphatic heterocycles. The molecule has 1 nitrogen and oxygen atoms in total.